The van der Waals surface area contributed by atoms with Crippen LogP contribution in [0.3, 0.4) is 0 Å². The minimum Gasteiger partial charge on any atom is -0.507 e. The molecule has 3 aromatic rings. The molecular weight excluding hydrogens is 324 g/mol. The molecule has 0 saturated heterocycles. The number of aryl methyl sites for hydroxylation is 1. The van der Waals surface area contributed by atoms with Crippen molar-refractivity contribution in [2.45, 2.75) is 6.92 Å². The number of hydrogen-bond acceptors (Lipinski definition) is 5. The number of hydrogen-bond donors (Lipinski definition) is 1. The van der Waals surface area contributed by atoms with Crippen LogP contribution in [-0.2, 0) is 0 Å². The Morgan fingerprint density at radius 1 is 1.17 bits per heavy atom. The van der Waals surface area contributed by atoms with Gasteiger partial charge in [-0.25, -0.2) is 4.79 Å². The molecule has 4 nitrogen and oxygen atoms in total. The summed E-state index contributed by atoms with van der Waals surface area (Å²) in [6.07, 6.45) is 2.89. The highest BCUT2D eigenvalue weighted by molar-refractivity contribution is 7.16. The van der Waals surface area contributed by atoms with Gasteiger partial charge in [-0.3, -0.25) is 4.79 Å². The summed E-state index contributed by atoms with van der Waals surface area (Å²) in [5.41, 5.74) is -0.0831. The van der Waals surface area contributed by atoms with Crippen LogP contribution in [0.5, 0.6) is 5.75 Å². The fourth-order valence-electron chi connectivity index (χ4n) is 2.26. The van der Waals surface area contributed by atoms with E-state index in [4.69, 9.17) is 4.42 Å². The summed E-state index contributed by atoms with van der Waals surface area (Å²) < 4.78 is 4.86. The molecule has 0 aliphatic rings. The number of aromatic hydroxyl groups is 1. The molecule has 0 aliphatic heterocycles. The third kappa shape index (κ3) is 3.36. The number of rotatable bonds is 4. The summed E-state index contributed by atoms with van der Waals surface area (Å²) in [5.74, 6) is -0.700. The van der Waals surface area contributed by atoms with Crippen molar-refractivity contribution in [2.24, 2.45) is 0 Å². The maximum atomic E-state index is 12.1. The fourth-order valence-corrected chi connectivity index (χ4v) is 3.18. The first kappa shape index (κ1) is 16.0. The van der Waals surface area contributed by atoms with Crippen molar-refractivity contribution in [1.29, 1.82) is 0 Å². The van der Waals surface area contributed by atoms with Crippen LogP contribution < -0.4 is 5.63 Å². The van der Waals surface area contributed by atoms with Crippen LogP contribution in [0.15, 0.2) is 63.8 Å². The summed E-state index contributed by atoms with van der Waals surface area (Å²) in [7, 11) is 0. The summed E-state index contributed by atoms with van der Waals surface area (Å²) in [6, 6.07) is 15.0. The molecule has 0 saturated carbocycles. The zero-order chi connectivity index (χ0) is 17.1. The molecular formula is C19H14O4S. The molecule has 0 atom stereocenters. The topological polar surface area (TPSA) is 67.5 Å². The molecule has 120 valence electrons. The third-order valence-electron chi connectivity index (χ3n) is 3.38. The van der Waals surface area contributed by atoms with Crippen LogP contribution in [0, 0.1) is 6.92 Å². The van der Waals surface area contributed by atoms with Crippen molar-refractivity contribution in [1.82, 2.24) is 0 Å². The van der Waals surface area contributed by atoms with Crippen molar-refractivity contribution in [2.75, 3.05) is 0 Å². The summed E-state index contributed by atoms with van der Waals surface area (Å²) in [6.45, 7) is 1.53. The third-order valence-corrected chi connectivity index (χ3v) is 4.48. The van der Waals surface area contributed by atoms with Crippen molar-refractivity contribution >= 4 is 23.2 Å². The number of carbonyl (C=O) groups excluding carboxylic acids is 1. The lowest BCUT2D eigenvalue weighted by atomic mass is 10.1. The van der Waals surface area contributed by atoms with Gasteiger partial charge < -0.3 is 9.52 Å². The largest absolute Gasteiger partial charge is 0.507 e. The number of thiophene rings is 1. The number of allylic oxidation sites excluding steroid dienone is 1. The second kappa shape index (κ2) is 6.68. The van der Waals surface area contributed by atoms with Gasteiger partial charge in [-0.15, -0.1) is 11.3 Å². The lowest BCUT2D eigenvalue weighted by Crippen LogP contribution is -2.12. The first-order valence-corrected chi connectivity index (χ1v) is 8.07. The molecule has 5 heteroatoms. The van der Waals surface area contributed by atoms with Crippen molar-refractivity contribution in [3.63, 3.8) is 0 Å². The van der Waals surface area contributed by atoms with E-state index in [0.29, 0.717) is 0 Å². The second-order valence-corrected chi connectivity index (χ2v) is 6.29. The lowest BCUT2D eigenvalue weighted by Gasteiger charge is -1.99. The van der Waals surface area contributed by atoms with Gasteiger partial charge in [-0.1, -0.05) is 30.3 Å². The maximum absolute atomic E-state index is 12.1. The van der Waals surface area contributed by atoms with E-state index in [-0.39, 0.29) is 17.1 Å². The van der Waals surface area contributed by atoms with Gasteiger partial charge in [-0.05, 0) is 36.8 Å². The second-order valence-electron chi connectivity index (χ2n) is 5.17. The predicted molar refractivity (Wildman–Crippen MR) is 94.5 cm³/mol. The zero-order valence-corrected chi connectivity index (χ0v) is 13.7. The van der Waals surface area contributed by atoms with Gasteiger partial charge in [0.05, 0.1) is 0 Å². The van der Waals surface area contributed by atoms with Gasteiger partial charge in [0, 0.05) is 15.8 Å². The highest BCUT2D eigenvalue weighted by Crippen LogP contribution is 2.28. The van der Waals surface area contributed by atoms with E-state index in [2.05, 4.69) is 0 Å². The monoisotopic (exact) mass is 338 g/mol. The number of ketones is 1. The smallest absolute Gasteiger partial charge is 0.351 e. The van der Waals surface area contributed by atoms with E-state index in [1.54, 1.807) is 6.08 Å². The first-order valence-electron chi connectivity index (χ1n) is 7.26. The Morgan fingerprint density at radius 3 is 2.62 bits per heavy atom. The van der Waals surface area contributed by atoms with Crippen LogP contribution in [0.4, 0.5) is 0 Å². The molecule has 0 spiro atoms. The molecule has 0 aliphatic carbocycles. The highest BCUT2D eigenvalue weighted by Gasteiger charge is 2.15. The van der Waals surface area contributed by atoms with Crippen LogP contribution in [0.25, 0.3) is 16.5 Å². The standard InChI is InChI=1S/C19H14O4S/c1-12-11-16(21)18(19(22)23-12)15(20)9-7-14-8-10-17(24-14)13-5-3-2-4-6-13/h2-11,21H,1H3. The average molecular weight is 338 g/mol. The molecule has 24 heavy (non-hydrogen) atoms. The average Bonchev–Trinajstić information content (AvgIpc) is 3.02. The highest BCUT2D eigenvalue weighted by atomic mass is 32.1. The molecule has 2 aromatic heterocycles. The van der Waals surface area contributed by atoms with Gasteiger partial charge in [0.1, 0.15) is 17.1 Å². The fraction of sp³-hybridized carbons (Fsp3) is 0.0526. The molecule has 3 rings (SSSR count). The van der Waals surface area contributed by atoms with Gasteiger partial charge in [0.2, 0.25) is 0 Å². The van der Waals surface area contributed by atoms with Crippen molar-refractivity contribution in [3.05, 3.63) is 81.2 Å². The molecule has 0 amide bonds. The van der Waals surface area contributed by atoms with E-state index in [0.717, 1.165) is 15.3 Å². The van der Waals surface area contributed by atoms with Gasteiger partial charge in [-0.2, -0.15) is 0 Å². The minimum atomic E-state index is -0.835. The minimum absolute atomic E-state index is 0.254. The number of carbonyl (C=O) groups is 1. The molecule has 2 heterocycles. The van der Waals surface area contributed by atoms with Crippen LogP contribution in [0.2, 0.25) is 0 Å². The summed E-state index contributed by atoms with van der Waals surface area (Å²) in [4.78, 5) is 25.8. The van der Waals surface area contributed by atoms with E-state index in [1.165, 1.54) is 30.4 Å². The molecule has 0 fully saturated rings. The Hall–Kier alpha value is -2.92. The SMILES string of the molecule is Cc1cc(O)c(C(=O)C=Cc2ccc(-c3ccccc3)s2)c(=O)o1. The molecule has 1 N–H and O–H groups in total. The van der Waals surface area contributed by atoms with Gasteiger partial charge in [0.15, 0.2) is 5.78 Å². The van der Waals surface area contributed by atoms with E-state index >= 15 is 0 Å². The Labute approximate surface area is 142 Å². The molecule has 1 aromatic carbocycles. The maximum Gasteiger partial charge on any atom is 0.351 e. The first-order chi connectivity index (χ1) is 11.5. The van der Waals surface area contributed by atoms with Gasteiger partial charge in [0.25, 0.3) is 0 Å². The Bertz CT molecular complexity index is 965. The van der Waals surface area contributed by atoms with Crippen LogP contribution in [0.1, 0.15) is 21.0 Å². The quantitative estimate of drug-likeness (QED) is 0.569. The van der Waals surface area contributed by atoms with Gasteiger partial charge >= 0.3 is 5.63 Å². The van der Waals surface area contributed by atoms with E-state index < -0.39 is 11.4 Å². The van der Waals surface area contributed by atoms with Crippen molar-refractivity contribution < 1.29 is 14.3 Å². The molecule has 0 bridgehead atoms. The Morgan fingerprint density at radius 2 is 1.92 bits per heavy atom. The Balaban J connectivity index is 1.83. The van der Waals surface area contributed by atoms with Crippen LogP contribution in [-0.4, -0.2) is 10.9 Å². The molecule has 0 unspecified atom stereocenters. The summed E-state index contributed by atoms with van der Waals surface area (Å²) in [5, 5.41) is 9.78. The summed E-state index contributed by atoms with van der Waals surface area (Å²) >= 11 is 1.53. The van der Waals surface area contributed by atoms with E-state index in [1.807, 2.05) is 42.5 Å². The Kier molecular flexibility index (Phi) is 4.44. The predicted octanol–water partition coefficient (Wildman–Crippen LogP) is 4.28. The number of benzene rings is 1. The van der Waals surface area contributed by atoms with Crippen molar-refractivity contribution in [3.8, 4) is 16.2 Å². The van der Waals surface area contributed by atoms with Crippen LogP contribution >= 0.6 is 11.3 Å². The lowest BCUT2D eigenvalue weighted by molar-refractivity contribution is 0.104. The van der Waals surface area contributed by atoms with E-state index in [9.17, 15) is 14.7 Å². The normalized spacial score (nSPS) is 11.0. The zero-order valence-electron chi connectivity index (χ0n) is 12.9. The molecule has 0 radical (unpaired) electrons.